The van der Waals surface area contributed by atoms with Crippen LogP contribution in [0.4, 0.5) is 0 Å². The second-order valence-electron chi connectivity index (χ2n) is 6.13. The average molecular weight is 350 g/mol. The predicted octanol–water partition coefficient (Wildman–Crippen LogP) is 3.43. The van der Waals surface area contributed by atoms with Gasteiger partial charge in [-0.05, 0) is 47.7 Å². The molecule has 0 saturated heterocycles. The smallest absolute Gasteiger partial charge is 0.191 e. The number of hydrogen-bond acceptors (Lipinski definition) is 3. The first-order valence-corrected chi connectivity index (χ1v) is 8.73. The van der Waals surface area contributed by atoms with Crippen molar-refractivity contribution in [3.05, 3.63) is 65.2 Å². The summed E-state index contributed by atoms with van der Waals surface area (Å²) >= 11 is 0. The molecule has 0 amide bonds. The van der Waals surface area contributed by atoms with Crippen LogP contribution in [0, 0.1) is 11.3 Å². The summed E-state index contributed by atoms with van der Waals surface area (Å²) < 4.78 is 5.20. The van der Waals surface area contributed by atoms with E-state index in [9.17, 15) is 0 Å². The fraction of sp³-hybridized carbons (Fsp3) is 0.333. The van der Waals surface area contributed by atoms with E-state index >= 15 is 0 Å². The van der Waals surface area contributed by atoms with Gasteiger partial charge in [-0.3, -0.25) is 4.99 Å². The van der Waals surface area contributed by atoms with Crippen LogP contribution in [-0.2, 0) is 6.54 Å². The number of nitriles is 1. The SMILES string of the molecule is CN=C(NCCC(C)c1ccc(OC)cc1)NCc1cccc(C#N)c1. The second-order valence-corrected chi connectivity index (χ2v) is 6.13. The molecule has 1 atom stereocenters. The van der Waals surface area contributed by atoms with Crippen molar-refractivity contribution in [1.29, 1.82) is 5.26 Å². The number of methoxy groups -OCH3 is 1. The van der Waals surface area contributed by atoms with Crippen molar-refractivity contribution in [2.24, 2.45) is 4.99 Å². The van der Waals surface area contributed by atoms with Gasteiger partial charge in [0.25, 0.3) is 0 Å². The maximum absolute atomic E-state index is 8.96. The summed E-state index contributed by atoms with van der Waals surface area (Å²) in [4.78, 5) is 4.25. The molecule has 26 heavy (non-hydrogen) atoms. The Kier molecular flexibility index (Phi) is 7.50. The molecule has 0 radical (unpaired) electrons. The number of hydrogen-bond donors (Lipinski definition) is 2. The zero-order valence-electron chi connectivity index (χ0n) is 15.6. The highest BCUT2D eigenvalue weighted by Gasteiger charge is 2.06. The first-order valence-electron chi connectivity index (χ1n) is 8.73. The van der Waals surface area contributed by atoms with Gasteiger partial charge < -0.3 is 15.4 Å². The molecule has 1 unspecified atom stereocenters. The number of rotatable bonds is 7. The van der Waals surface area contributed by atoms with E-state index < -0.39 is 0 Å². The van der Waals surface area contributed by atoms with Crippen molar-refractivity contribution in [3.8, 4) is 11.8 Å². The predicted molar refractivity (Wildman–Crippen MR) is 105 cm³/mol. The minimum Gasteiger partial charge on any atom is -0.497 e. The highest BCUT2D eigenvalue weighted by Crippen LogP contribution is 2.21. The van der Waals surface area contributed by atoms with Crippen LogP contribution in [0.3, 0.4) is 0 Å². The van der Waals surface area contributed by atoms with E-state index in [0.717, 1.165) is 30.2 Å². The molecule has 5 nitrogen and oxygen atoms in total. The summed E-state index contributed by atoms with van der Waals surface area (Å²) in [5.74, 6) is 2.08. The van der Waals surface area contributed by atoms with Crippen LogP contribution >= 0.6 is 0 Å². The number of guanidine groups is 1. The third kappa shape index (κ3) is 5.82. The van der Waals surface area contributed by atoms with Gasteiger partial charge in [0.15, 0.2) is 5.96 Å². The minimum atomic E-state index is 0.443. The van der Waals surface area contributed by atoms with E-state index in [1.807, 2.05) is 30.3 Å². The zero-order chi connectivity index (χ0) is 18.8. The Bertz CT molecular complexity index is 762. The van der Waals surface area contributed by atoms with E-state index in [1.165, 1.54) is 5.56 Å². The molecule has 0 bridgehead atoms. The highest BCUT2D eigenvalue weighted by atomic mass is 16.5. The lowest BCUT2D eigenvalue weighted by Gasteiger charge is -2.15. The minimum absolute atomic E-state index is 0.443. The molecule has 0 aliphatic heterocycles. The van der Waals surface area contributed by atoms with Crippen molar-refractivity contribution in [2.45, 2.75) is 25.8 Å². The fourth-order valence-electron chi connectivity index (χ4n) is 2.66. The standard InChI is InChI=1S/C21H26N4O/c1-16(19-7-9-20(26-3)10-8-19)11-12-24-21(23-2)25-15-18-6-4-5-17(13-18)14-22/h4-10,13,16H,11-12,15H2,1-3H3,(H2,23,24,25). The Labute approximate surface area is 155 Å². The quantitative estimate of drug-likeness (QED) is 0.593. The Hall–Kier alpha value is -3.00. The van der Waals surface area contributed by atoms with Gasteiger partial charge in [0.1, 0.15) is 5.75 Å². The van der Waals surface area contributed by atoms with Gasteiger partial charge in [-0.25, -0.2) is 0 Å². The Balaban J connectivity index is 1.78. The molecule has 0 spiro atoms. The molecule has 2 aromatic rings. The lowest BCUT2D eigenvalue weighted by Crippen LogP contribution is -2.37. The van der Waals surface area contributed by atoms with Gasteiger partial charge in [-0.1, -0.05) is 31.2 Å². The number of nitrogens with zero attached hydrogens (tertiary/aromatic N) is 2. The van der Waals surface area contributed by atoms with Crippen LogP contribution < -0.4 is 15.4 Å². The molecule has 0 aliphatic carbocycles. The van der Waals surface area contributed by atoms with Crippen molar-refractivity contribution in [3.63, 3.8) is 0 Å². The van der Waals surface area contributed by atoms with E-state index in [0.29, 0.717) is 18.0 Å². The Morgan fingerprint density at radius 3 is 2.62 bits per heavy atom. The highest BCUT2D eigenvalue weighted by molar-refractivity contribution is 5.79. The molecule has 0 aliphatic rings. The van der Waals surface area contributed by atoms with Gasteiger partial charge in [0.2, 0.25) is 0 Å². The molecule has 2 N–H and O–H groups in total. The first kappa shape index (κ1) is 19.3. The molecule has 0 saturated carbocycles. The molecule has 0 fully saturated rings. The maximum Gasteiger partial charge on any atom is 0.191 e. The lowest BCUT2D eigenvalue weighted by atomic mass is 9.98. The third-order valence-corrected chi connectivity index (χ3v) is 4.29. The van der Waals surface area contributed by atoms with Crippen molar-refractivity contribution < 1.29 is 4.74 Å². The number of nitrogens with one attached hydrogen (secondary N) is 2. The molecule has 136 valence electrons. The largest absolute Gasteiger partial charge is 0.497 e. The zero-order valence-corrected chi connectivity index (χ0v) is 15.6. The van der Waals surface area contributed by atoms with Crippen LogP contribution in [0.25, 0.3) is 0 Å². The van der Waals surface area contributed by atoms with Crippen molar-refractivity contribution in [2.75, 3.05) is 20.7 Å². The van der Waals surface area contributed by atoms with E-state index in [1.54, 1.807) is 20.2 Å². The molecular formula is C21H26N4O. The van der Waals surface area contributed by atoms with Gasteiger partial charge in [0.05, 0.1) is 18.7 Å². The summed E-state index contributed by atoms with van der Waals surface area (Å²) in [5.41, 5.74) is 3.02. The summed E-state index contributed by atoms with van der Waals surface area (Å²) in [6.07, 6.45) is 0.997. The van der Waals surface area contributed by atoms with Crippen LogP contribution in [-0.4, -0.2) is 26.7 Å². The van der Waals surface area contributed by atoms with Crippen LogP contribution in [0.5, 0.6) is 5.75 Å². The molecule has 0 aromatic heterocycles. The van der Waals surface area contributed by atoms with Crippen molar-refractivity contribution >= 4 is 5.96 Å². The lowest BCUT2D eigenvalue weighted by molar-refractivity contribution is 0.414. The van der Waals surface area contributed by atoms with Gasteiger partial charge >= 0.3 is 0 Å². The number of aliphatic imine (C=N–C) groups is 1. The molecule has 5 heteroatoms. The monoisotopic (exact) mass is 350 g/mol. The van der Waals surface area contributed by atoms with Gasteiger partial charge in [0, 0.05) is 20.1 Å². The number of ether oxygens (including phenoxy) is 1. The van der Waals surface area contributed by atoms with E-state index in [4.69, 9.17) is 10.00 Å². The van der Waals surface area contributed by atoms with Crippen LogP contribution in [0.15, 0.2) is 53.5 Å². The third-order valence-electron chi connectivity index (χ3n) is 4.29. The van der Waals surface area contributed by atoms with E-state index in [-0.39, 0.29) is 0 Å². The topological polar surface area (TPSA) is 69.4 Å². The molecule has 2 aromatic carbocycles. The average Bonchev–Trinajstić information content (AvgIpc) is 2.70. The molecular weight excluding hydrogens is 324 g/mol. The summed E-state index contributed by atoms with van der Waals surface area (Å²) in [5, 5.41) is 15.6. The molecule has 2 rings (SSSR count). The van der Waals surface area contributed by atoms with Crippen LogP contribution in [0.2, 0.25) is 0 Å². The molecule has 0 heterocycles. The summed E-state index contributed by atoms with van der Waals surface area (Å²) in [7, 11) is 3.44. The van der Waals surface area contributed by atoms with E-state index in [2.05, 4.69) is 40.8 Å². The summed E-state index contributed by atoms with van der Waals surface area (Å²) in [6, 6.07) is 17.9. The summed E-state index contributed by atoms with van der Waals surface area (Å²) in [6.45, 7) is 3.67. The van der Waals surface area contributed by atoms with Gasteiger partial charge in [-0.15, -0.1) is 0 Å². The Morgan fingerprint density at radius 1 is 1.19 bits per heavy atom. The van der Waals surface area contributed by atoms with Crippen LogP contribution in [0.1, 0.15) is 36.0 Å². The van der Waals surface area contributed by atoms with Crippen molar-refractivity contribution in [1.82, 2.24) is 10.6 Å². The second kappa shape index (κ2) is 10.1. The number of benzene rings is 2. The van der Waals surface area contributed by atoms with Gasteiger partial charge in [-0.2, -0.15) is 5.26 Å². The first-order chi connectivity index (χ1) is 12.7. The Morgan fingerprint density at radius 2 is 1.96 bits per heavy atom. The maximum atomic E-state index is 8.96. The normalized spacial score (nSPS) is 12.2. The fourth-order valence-corrected chi connectivity index (χ4v) is 2.66.